The van der Waals surface area contributed by atoms with E-state index in [1.807, 2.05) is 24.1 Å². The molecule has 0 saturated carbocycles. The Morgan fingerprint density at radius 3 is 2.48 bits per heavy atom. The van der Waals surface area contributed by atoms with Crippen molar-refractivity contribution >= 4 is 36.5 Å². The second-order valence-electron chi connectivity index (χ2n) is 6.95. The lowest BCUT2D eigenvalue weighted by molar-refractivity contribution is 0.0698. The van der Waals surface area contributed by atoms with Crippen molar-refractivity contribution in [2.75, 3.05) is 38.1 Å². The molecule has 25 heavy (non-hydrogen) atoms. The van der Waals surface area contributed by atoms with Gasteiger partial charge in [0.05, 0.1) is 5.56 Å². The lowest BCUT2D eigenvalue weighted by Gasteiger charge is -2.33. The maximum atomic E-state index is 12.6. The molecule has 142 valence electrons. The first kappa shape index (κ1) is 22.0. The van der Waals surface area contributed by atoms with Gasteiger partial charge in [-0.2, -0.15) is 0 Å². The Morgan fingerprint density at radius 2 is 1.88 bits per heavy atom. The van der Waals surface area contributed by atoms with E-state index in [1.54, 1.807) is 6.20 Å². The first-order valence-corrected chi connectivity index (χ1v) is 8.85. The molecule has 2 saturated heterocycles. The molecule has 0 aliphatic carbocycles. The van der Waals surface area contributed by atoms with Crippen molar-refractivity contribution in [1.29, 1.82) is 0 Å². The van der Waals surface area contributed by atoms with Gasteiger partial charge in [-0.1, -0.05) is 6.92 Å². The maximum Gasteiger partial charge on any atom is 0.255 e. The van der Waals surface area contributed by atoms with Crippen molar-refractivity contribution in [3.8, 4) is 0 Å². The van der Waals surface area contributed by atoms with E-state index in [1.165, 1.54) is 12.8 Å². The van der Waals surface area contributed by atoms with Crippen molar-refractivity contribution in [3.05, 3.63) is 23.9 Å². The lowest BCUT2D eigenvalue weighted by atomic mass is 9.99. The summed E-state index contributed by atoms with van der Waals surface area (Å²) >= 11 is 0. The Morgan fingerprint density at radius 1 is 1.16 bits per heavy atom. The van der Waals surface area contributed by atoms with Crippen LogP contribution in [0.15, 0.2) is 18.3 Å². The second kappa shape index (κ2) is 10.2. The van der Waals surface area contributed by atoms with Crippen molar-refractivity contribution < 1.29 is 4.79 Å². The van der Waals surface area contributed by atoms with Crippen LogP contribution in [-0.4, -0.2) is 55.1 Å². The van der Waals surface area contributed by atoms with Gasteiger partial charge in [-0.25, -0.2) is 4.98 Å². The number of carbonyl (C=O) groups is 1. The summed E-state index contributed by atoms with van der Waals surface area (Å²) in [7, 11) is 1.97. The van der Waals surface area contributed by atoms with Crippen LogP contribution < -0.4 is 10.2 Å². The van der Waals surface area contributed by atoms with Gasteiger partial charge in [0, 0.05) is 38.4 Å². The summed E-state index contributed by atoms with van der Waals surface area (Å²) in [4.78, 5) is 21.5. The molecule has 2 aliphatic heterocycles. The lowest BCUT2D eigenvalue weighted by Crippen LogP contribution is -2.47. The number of aromatic nitrogens is 1. The minimum absolute atomic E-state index is 0. The van der Waals surface area contributed by atoms with Gasteiger partial charge in [0.1, 0.15) is 5.82 Å². The number of nitrogens with one attached hydrogen (secondary N) is 1. The molecule has 3 heterocycles. The SMILES string of the molecule is CNC1CCCN(C(=O)c2ccc(N3CCC(C)CC3)nc2)C1.Cl.Cl. The van der Waals surface area contributed by atoms with Crippen LogP contribution >= 0.6 is 24.8 Å². The zero-order chi connectivity index (χ0) is 16.2. The van der Waals surface area contributed by atoms with E-state index in [0.29, 0.717) is 11.6 Å². The number of hydrogen-bond acceptors (Lipinski definition) is 4. The van der Waals surface area contributed by atoms with E-state index < -0.39 is 0 Å². The molecule has 0 bridgehead atoms. The number of rotatable bonds is 3. The van der Waals surface area contributed by atoms with E-state index in [-0.39, 0.29) is 30.7 Å². The quantitative estimate of drug-likeness (QED) is 0.864. The Bertz CT molecular complexity index is 532. The van der Waals surface area contributed by atoms with Crippen LogP contribution in [0.25, 0.3) is 0 Å². The van der Waals surface area contributed by atoms with Crippen LogP contribution in [-0.2, 0) is 0 Å². The number of likely N-dealkylation sites (tertiary alicyclic amines) is 1. The number of hydrogen-bond donors (Lipinski definition) is 1. The van der Waals surface area contributed by atoms with Crippen LogP contribution in [0, 0.1) is 5.92 Å². The summed E-state index contributed by atoms with van der Waals surface area (Å²) in [5, 5.41) is 3.28. The molecular weight excluding hydrogens is 359 g/mol. The third kappa shape index (κ3) is 5.47. The zero-order valence-corrected chi connectivity index (χ0v) is 16.7. The van der Waals surface area contributed by atoms with Crippen LogP contribution in [0.3, 0.4) is 0 Å². The Hall–Kier alpha value is -1.04. The molecule has 2 fully saturated rings. The predicted octanol–water partition coefficient (Wildman–Crippen LogP) is 2.99. The third-order valence-corrected chi connectivity index (χ3v) is 5.22. The average Bonchev–Trinajstić information content (AvgIpc) is 2.62. The fourth-order valence-corrected chi connectivity index (χ4v) is 3.52. The number of halogens is 2. The van der Waals surface area contributed by atoms with Crippen LogP contribution in [0.1, 0.15) is 43.0 Å². The number of pyridine rings is 1. The van der Waals surface area contributed by atoms with Crippen molar-refractivity contribution in [1.82, 2.24) is 15.2 Å². The highest BCUT2D eigenvalue weighted by molar-refractivity contribution is 5.94. The number of amides is 1. The Balaban J connectivity index is 0.00000156. The summed E-state index contributed by atoms with van der Waals surface area (Å²) in [5.41, 5.74) is 0.705. The van der Waals surface area contributed by atoms with Gasteiger partial charge in [-0.05, 0) is 50.8 Å². The molecule has 1 aromatic rings. The summed E-state index contributed by atoms with van der Waals surface area (Å²) < 4.78 is 0. The van der Waals surface area contributed by atoms with E-state index >= 15 is 0 Å². The molecular formula is C18H30Cl2N4O. The molecule has 0 aromatic carbocycles. The predicted molar refractivity (Wildman–Crippen MR) is 107 cm³/mol. The molecule has 1 unspecified atom stereocenters. The van der Waals surface area contributed by atoms with Gasteiger partial charge in [-0.15, -0.1) is 24.8 Å². The fourth-order valence-electron chi connectivity index (χ4n) is 3.52. The number of anilines is 1. The first-order valence-electron chi connectivity index (χ1n) is 8.85. The second-order valence-corrected chi connectivity index (χ2v) is 6.95. The topological polar surface area (TPSA) is 48.5 Å². The largest absolute Gasteiger partial charge is 0.357 e. The highest BCUT2D eigenvalue weighted by atomic mass is 35.5. The van der Waals surface area contributed by atoms with Crippen molar-refractivity contribution in [2.45, 2.75) is 38.6 Å². The van der Waals surface area contributed by atoms with Gasteiger partial charge < -0.3 is 15.1 Å². The molecule has 1 N–H and O–H groups in total. The van der Waals surface area contributed by atoms with Gasteiger partial charge in [0.15, 0.2) is 0 Å². The summed E-state index contributed by atoms with van der Waals surface area (Å²) in [5.74, 6) is 1.92. The third-order valence-electron chi connectivity index (χ3n) is 5.22. The minimum atomic E-state index is 0. The van der Waals surface area contributed by atoms with Crippen molar-refractivity contribution in [2.24, 2.45) is 5.92 Å². The highest BCUT2D eigenvalue weighted by Crippen LogP contribution is 2.22. The van der Waals surface area contributed by atoms with Crippen LogP contribution in [0.2, 0.25) is 0 Å². The summed E-state index contributed by atoms with van der Waals surface area (Å²) in [6.07, 6.45) is 6.40. The minimum Gasteiger partial charge on any atom is -0.357 e. The summed E-state index contributed by atoms with van der Waals surface area (Å²) in [6, 6.07) is 4.35. The average molecular weight is 389 g/mol. The molecule has 3 rings (SSSR count). The molecule has 0 radical (unpaired) electrons. The fraction of sp³-hybridized carbons (Fsp3) is 0.667. The molecule has 2 aliphatic rings. The van der Waals surface area contributed by atoms with E-state index in [2.05, 4.69) is 22.1 Å². The molecule has 1 amide bonds. The zero-order valence-electron chi connectivity index (χ0n) is 15.1. The Labute approximate surface area is 163 Å². The molecule has 1 atom stereocenters. The number of piperidine rings is 2. The standard InChI is InChI=1S/C18H28N4O.2ClH/c1-14-7-10-21(11-8-14)17-6-5-15(12-20-17)18(23)22-9-3-4-16(13-22)19-2;;/h5-6,12,14,16,19H,3-4,7-11,13H2,1-2H3;2*1H. The molecule has 7 heteroatoms. The van der Waals surface area contributed by atoms with Crippen molar-refractivity contribution in [3.63, 3.8) is 0 Å². The molecule has 5 nitrogen and oxygen atoms in total. The van der Waals surface area contributed by atoms with Gasteiger partial charge >= 0.3 is 0 Å². The number of nitrogens with zero attached hydrogens (tertiary/aromatic N) is 3. The first-order chi connectivity index (χ1) is 11.2. The van der Waals surface area contributed by atoms with Crippen LogP contribution in [0.5, 0.6) is 0 Å². The highest BCUT2D eigenvalue weighted by Gasteiger charge is 2.24. The van der Waals surface area contributed by atoms with E-state index in [0.717, 1.165) is 50.8 Å². The maximum absolute atomic E-state index is 12.6. The van der Waals surface area contributed by atoms with Gasteiger partial charge in [0.25, 0.3) is 5.91 Å². The number of likely N-dealkylation sites (N-methyl/N-ethyl adjacent to an activating group) is 1. The normalized spacial score (nSPS) is 21.3. The number of carbonyl (C=O) groups excluding carboxylic acids is 1. The molecule has 0 spiro atoms. The van der Waals surface area contributed by atoms with Gasteiger partial charge in [0.2, 0.25) is 0 Å². The van der Waals surface area contributed by atoms with Crippen LogP contribution in [0.4, 0.5) is 5.82 Å². The van der Waals surface area contributed by atoms with Gasteiger partial charge in [-0.3, -0.25) is 4.79 Å². The smallest absolute Gasteiger partial charge is 0.255 e. The monoisotopic (exact) mass is 388 g/mol. The van der Waals surface area contributed by atoms with E-state index in [9.17, 15) is 4.79 Å². The Kier molecular flexibility index (Phi) is 8.97. The molecule has 1 aromatic heterocycles. The van der Waals surface area contributed by atoms with E-state index in [4.69, 9.17) is 0 Å². The summed E-state index contributed by atoms with van der Waals surface area (Å²) in [6.45, 7) is 6.09.